The summed E-state index contributed by atoms with van der Waals surface area (Å²) in [5.41, 5.74) is 2.04. The van der Waals surface area contributed by atoms with Crippen LogP contribution in [0.1, 0.15) is 53.6 Å². The summed E-state index contributed by atoms with van der Waals surface area (Å²) in [7, 11) is 1.79. The fourth-order valence-corrected chi connectivity index (χ4v) is 4.57. The highest BCUT2D eigenvalue weighted by atomic mass is 19.4. The predicted octanol–water partition coefficient (Wildman–Crippen LogP) is 4.90. The molecule has 1 aromatic carbocycles. The lowest BCUT2D eigenvalue weighted by atomic mass is 9.80. The van der Waals surface area contributed by atoms with E-state index in [9.17, 15) is 23.1 Å². The van der Waals surface area contributed by atoms with Gasteiger partial charge in [-0.05, 0) is 50.3 Å². The third kappa shape index (κ3) is 4.63. The zero-order valence-corrected chi connectivity index (χ0v) is 20.5. The van der Waals surface area contributed by atoms with Crippen molar-refractivity contribution < 1.29 is 23.1 Å². The van der Waals surface area contributed by atoms with Crippen LogP contribution in [0.2, 0.25) is 0 Å². The molecule has 0 bridgehead atoms. The third-order valence-corrected chi connectivity index (χ3v) is 7.11. The number of alkyl halides is 3. The molecule has 0 amide bonds. The van der Waals surface area contributed by atoms with Gasteiger partial charge in [-0.15, -0.1) is 0 Å². The number of fused-ring (bicyclic) bond motifs is 1. The molecular formula is C25H26F3N7O2. The Morgan fingerprint density at radius 3 is 2.43 bits per heavy atom. The minimum atomic E-state index is -4.44. The molecule has 194 valence electrons. The van der Waals surface area contributed by atoms with Gasteiger partial charge in [0.1, 0.15) is 11.3 Å². The van der Waals surface area contributed by atoms with E-state index in [0.29, 0.717) is 34.2 Å². The van der Waals surface area contributed by atoms with Crippen molar-refractivity contribution in [3.63, 3.8) is 0 Å². The van der Waals surface area contributed by atoms with Gasteiger partial charge in [0.15, 0.2) is 11.5 Å². The first-order chi connectivity index (χ1) is 17.5. The van der Waals surface area contributed by atoms with Crippen LogP contribution in [0.5, 0.6) is 0 Å². The van der Waals surface area contributed by atoms with E-state index < -0.39 is 17.7 Å². The smallest absolute Gasteiger partial charge is 0.416 e. The molecule has 3 aromatic heterocycles. The summed E-state index contributed by atoms with van der Waals surface area (Å²) < 4.78 is 42.8. The van der Waals surface area contributed by atoms with Crippen molar-refractivity contribution in [3.05, 3.63) is 53.1 Å². The number of aryl methyl sites for hydroxylation is 1. The topological polar surface area (TPSA) is 111 Å². The number of carbonyl (C=O) groups is 1. The second-order valence-electron chi connectivity index (χ2n) is 9.48. The molecule has 1 atom stereocenters. The van der Waals surface area contributed by atoms with Crippen molar-refractivity contribution in [1.82, 2.24) is 29.3 Å². The summed E-state index contributed by atoms with van der Waals surface area (Å²) in [6, 6.07) is 4.96. The number of nitrogens with zero attached hydrogens (tertiary/aromatic N) is 6. The van der Waals surface area contributed by atoms with Crippen molar-refractivity contribution in [3.8, 4) is 11.4 Å². The molecule has 4 aromatic rings. The first kappa shape index (κ1) is 24.7. The molecule has 1 aliphatic rings. The van der Waals surface area contributed by atoms with Gasteiger partial charge in [-0.2, -0.15) is 18.3 Å². The predicted molar refractivity (Wildman–Crippen MR) is 130 cm³/mol. The van der Waals surface area contributed by atoms with Crippen LogP contribution in [0, 0.1) is 12.8 Å². The SMILES string of the molecule is Cc1c(-c2nc3nc(C(=O)O)nc(N[C@H](C)C4CCC4)c3n2Cc2ccc(C(F)(F)F)cc2)cnn1C. The van der Waals surface area contributed by atoms with E-state index in [0.717, 1.165) is 37.1 Å². The second-order valence-corrected chi connectivity index (χ2v) is 9.48. The second kappa shape index (κ2) is 9.16. The Kier molecular flexibility index (Phi) is 6.12. The minimum absolute atomic E-state index is 0.0338. The van der Waals surface area contributed by atoms with E-state index in [-0.39, 0.29) is 24.1 Å². The number of hydrogen-bond donors (Lipinski definition) is 2. The highest BCUT2D eigenvalue weighted by Gasteiger charge is 2.31. The summed E-state index contributed by atoms with van der Waals surface area (Å²) in [5.74, 6) is -0.433. The molecule has 12 heteroatoms. The van der Waals surface area contributed by atoms with Crippen LogP contribution >= 0.6 is 0 Å². The van der Waals surface area contributed by atoms with Gasteiger partial charge in [0.25, 0.3) is 0 Å². The van der Waals surface area contributed by atoms with E-state index in [2.05, 4.69) is 25.4 Å². The average Bonchev–Trinajstić information content (AvgIpc) is 3.31. The normalized spacial score (nSPS) is 15.1. The van der Waals surface area contributed by atoms with Gasteiger partial charge >= 0.3 is 12.1 Å². The van der Waals surface area contributed by atoms with Gasteiger partial charge in [0, 0.05) is 25.3 Å². The number of benzene rings is 1. The zero-order chi connectivity index (χ0) is 26.5. The van der Waals surface area contributed by atoms with Gasteiger partial charge in [-0.3, -0.25) is 4.68 Å². The monoisotopic (exact) mass is 513 g/mol. The van der Waals surface area contributed by atoms with Crippen LogP contribution in [0.3, 0.4) is 0 Å². The first-order valence-corrected chi connectivity index (χ1v) is 12.0. The number of halogens is 3. The highest BCUT2D eigenvalue weighted by molar-refractivity contribution is 5.92. The first-order valence-electron chi connectivity index (χ1n) is 12.0. The summed E-state index contributed by atoms with van der Waals surface area (Å²) in [4.78, 5) is 25.0. The number of aromatic carboxylic acids is 1. The number of hydrogen-bond acceptors (Lipinski definition) is 6. The molecule has 1 fully saturated rings. The number of rotatable bonds is 7. The Labute approximate surface area is 210 Å². The van der Waals surface area contributed by atoms with E-state index in [1.165, 1.54) is 12.1 Å². The lowest BCUT2D eigenvalue weighted by molar-refractivity contribution is -0.137. The van der Waals surface area contributed by atoms with Crippen LogP contribution in [-0.2, 0) is 19.8 Å². The van der Waals surface area contributed by atoms with Gasteiger partial charge in [-0.1, -0.05) is 18.6 Å². The summed E-state index contributed by atoms with van der Waals surface area (Å²) in [5, 5.41) is 17.3. The van der Waals surface area contributed by atoms with E-state index in [1.807, 2.05) is 18.4 Å². The summed E-state index contributed by atoms with van der Waals surface area (Å²) in [6.45, 7) is 4.07. The van der Waals surface area contributed by atoms with Crippen LogP contribution in [0.25, 0.3) is 22.6 Å². The van der Waals surface area contributed by atoms with Crippen molar-refractivity contribution in [2.45, 2.75) is 51.9 Å². The van der Waals surface area contributed by atoms with Crippen molar-refractivity contribution >= 4 is 23.0 Å². The Morgan fingerprint density at radius 2 is 1.89 bits per heavy atom. The van der Waals surface area contributed by atoms with Crippen molar-refractivity contribution in [2.75, 3.05) is 5.32 Å². The molecule has 1 saturated carbocycles. The Hall–Kier alpha value is -3.96. The summed E-state index contributed by atoms with van der Waals surface area (Å²) >= 11 is 0. The quantitative estimate of drug-likeness (QED) is 0.362. The highest BCUT2D eigenvalue weighted by Crippen LogP contribution is 2.35. The van der Waals surface area contributed by atoms with Crippen LogP contribution < -0.4 is 5.32 Å². The van der Waals surface area contributed by atoms with Crippen LogP contribution in [-0.4, -0.2) is 46.4 Å². The third-order valence-electron chi connectivity index (χ3n) is 7.11. The maximum Gasteiger partial charge on any atom is 0.416 e. The molecule has 2 N–H and O–H groups in total. The van der Waals surface area contributed by atoms with Gasteiger partial charge in [0.2, 0.25) is 5.82 Å². The molecule has 0 aliphatic heterocycles. The molecule has 0 spiro atoms. The maximum absolute atomic E-state index is 13.1. The van der Waals surface area contributed by atoms with Crippen LogP contribution in [0.4, 0.5) is 19.0 Å². The number of carboxylic acids is 1. The van der Waals surface area contributed by atoms with Gasteiger partial charge in [0.05, 0.1) is 17.3 Å². The number of aromatic nitrogens is 6. The molecule has 0 radical (unpaired) electrons. The Morgan fingerprint density at radius 1 is 1.19 bits per heavy atom. The molecule has 9 nitrogen and oxygen atoms in total. The molecule has 1 aliphatic carbocycles. The molecule has 37 heavy (non-hydrogen) atoms. The fourth-order valence-electron chi connectivity index (χ4n) is 4.57. The van der Waals surface area contributed by atoms with Crippen LogP contribution in [0.15, 0.2) is 30.5 Å². The zero-order valence-electron chi connectivity index (χ0n) is 20.5. The number of carboxylic acid groups (broad SMARTS) is 1. The van der Waals surface area contributed by atoms with Gasteiger partial charge in [-0.25, -0.2) is 19.7 Å². The van der Waals surface area contributed by atoms with Crippen molar-refractivity contribution in [1.29, 1.82) is 0 Å². The van der Waals surface area contributed by atoms with E-state index in [4.69, 9.17) is 0 Å². The summed E-state index contributed by atoms with van der Waals surface area (Å²) in [6.07, 6.45) is 0.494. The van der Waals surface area contributed by atoms with Gasteiger partial charge < -0.3 is 15.0 Å². The number of anilines is 1. The molecule has 0 saturated heterocycles. The lowest BCUT2D eigenvalue weighted by Gasteiger charge is -2.32. The largest absolute Gasteiger partial charge is 0.475 e. The Bertz CT molecular complexity index is 1470. The minimum Gasteiger partial charge on any atom is -0.475 e. The standard InChI is InChI=1S/C25H26F3N7O2/c1-13(16-5-4-6-16)30-20-19-21(32-22(31-20)24(36)37)33-23(18-11-29-34(3)14(18)2)35(19)12-15-7-9-17(10-8-15)25(26,27)28/h7-11,13,16H,4-6,12H2,1-3H3,(H,36,37)(H,30,31,32)/t13-/m1/s1. The average molecular weight is 514 g/mol. The molecule has 3 heterocycles. The molecular weight excluding hydrogens is 487 g/mol. The maximum atomic E-state index is 13.1. The van der Waals surface area contributed by atoms with E-state index >= 15 is 0 Å². The molecule has 5 rings (SSSR count). The van der Waals surface area contributed by atoms with Crippen molar-refractivity contribution in [2.24, 2.45) is 13.0 Å². The molecule has 0 unspecified atom stereocenters. The lowest BCUT2D eigenvalue weighted by Crippen LogP contribution is -2.31. The fraction of sp³-hybridized carbons (Fsp3) is 0.400. The Balaban J connectivity index is 1.69. The van der Waals surface area contributed by atoms with E-state index in [1.54, 1.807) is 17.9 Å². The number of imidazole rings is 1. The number of nitrogens with one attached hydrogen (secondary N) is 1.